The van der Waals surface area contributed by atoms with Crippen LogP contribution in [0.15, 0.2) is 48.7 Å². The molecule has 2 amide bonds. The number of nitrogens with one attached hydrogen (secondary N) is 2. The van der Waals surface area contributed by atoms with Crippen LogP contribution in [-0.2, 0) is 23.1 Å². The number of phenolic OH excluding ortho intramolecular Hbond substituents is 1. The van der Waals surface area contributed by atoms with Gasteiger partial charge in [0, 0.05) is 81.6 Å². The molecule has 378 valence electrons. The zero-order valence-electron chi connectivity index (χ0n) is 41.4. The number of aryl methyl sites for hydroxylation is 2. The van der Waals surface area contributed by atoms with Crippen LogP contribution >= 0.6 is 0 Å². The molecule has 4 aliphatic heterocycles. The van der Waals surface area contributed by atoms with Gasteiger partial charge in [0.15, 0.2) is 5.82 Å². The quantitative estimate of drug-likeness (QED) is 0.109. The molecule has 1 saturated carbocycles. The molecular weight excluding hydrogens is 919 g/mol. The highest BCUT2D eigenvalue weighted by atomic mass is 19.1. The summed E-state index contributed by atoms with van der Waals surface area (Å²) >= 11 is 0. The fourth-order valence-electron chi connectivity index (χ4n) is 12.6. The highest BCUT2D eigenvalue weighted by Crippen LogP contribution is 2.41. The van der Waals surface area contributed by atoms with Crippen molar-refractivity contribution in [3.63, 3.8) is 0 Å². The molecule has 17 heteroatoms. The third-order valence-electron chi connectivity index (χ3n) is 16.5. The molecule has 4 N–H and O–H groups in total. The van der Waals surface area contributed by atoms with Crippen molar-refractivity contribution in [3.05, 3.63) is 77.1 Å². The van der Waals surface area contributed by atoms with Gasteiger partial charge in [-0.3, -0.25) is 24.7 Å². The van der Waals surface area contributed by atoms with Crippen LogP contribution in [-0.4, -0.2) is 119 Å². The zero-order chi connectivity index (χ0) is 50.0. The highest BCUT2D eigenvalue weighted by molar-refractivity contribution is 6.04. The first-order valence-electron chi connectivity index (χ1n) is 26.0. The van der Waals surface area contributed by atoms with E-state index < -0.39 is 17.2 Å². The minimum atomic E-state index is -0.990. The molecule has 6 aromatic rings. The van der Waals surface area contributed by atoms with Gasteiger partial charge in [-0.2, -0.15) is 15.1 Å². The van der Waals surface area contributed by atoms with Crippen molar-refractivity contribution < 1.29 is 33.3 Å². The van der Waals surface area contributed by atoms with Gasteiger partial charge in [0.25, 0.3) is 0 Å². The minimum Gasteiger partial charge on any atom is -0.508 e. The normalized spacial score (nSPS) is 24.1. The minimum absolute atomic E-state index is 0.00827. The van der Waals surface area contributed by atoms with E-state index in [4.69, 9.17) is 20.2 Å². The molecule has 0 radical (unpaired) electrons. The number of aromatic nitrogens is 5. The first-order valence-corrected chi connectivity index (χ1v) is 26.0. The fraction of sp³-hybridized carbons (Fsp3) is 0.509. The van der Waals surface area contributed by atoms with E-state index in [1.54, 1.807) is 13.0 Å². The summed E-state index contributed by atoms with van der Waals surface area (Å²) in [6.07, 6.45) is 11.0. The number of likely N-dealkylation sites (tertiary alicyclic amines) is 2. The number of amides is 2. The average Bonchev–Trinajstić information content (AvgIpc) is 3.70. The summed E-state index contributed by atoms with van der Waals surface area (Å²) in [6, 6.07) is 12.9. The number of rotatable bonds is 9. The molecule has 7 heterocycles. The number of benzene rings is 3. The van der Waals surface area contributed by atoms with E-state index in [-0.39, 0.29) is 70.7 Å². The monoisotopic (exact) mass is 983 g/mol. The molecule has 1 aliphatic carbocycles. The second-order valence-electron chi connectivity index (χ2n) is 21.3. The summed E-state index contributed by atoms with van der Waals surface area (Å²) in [7, 11) is 1.94. The number of hydrogen-bond acceptors (Lipinski definition) is 12. The SMILES string of the molecule is CCc1c(F)ccc2cc(O)cc(-c3ncc4c(N5CCC[C@@](C)(O)C5)nc(OC5CCN(C(=O)C6CCC(N7CCC(c8ccc9c(C%10CCC(=N)NC%10=O)nn(C)c9c8)CC7)CC6)CC5)nc4c3F)c12. The Morgan fingerprint density at radius 1 is 0.944 bits per heavy atom. The number of carbonyl (C=O) groups is 2. The van der Waals surface area contributed by atoms with Crippen molar-refractivity contribution in [2.24, 2.45) is 13.0 Å². The molecule has 2 atom stereocenters. The van der Waals surface area contributed by atoms with Crippen LogP contribution in [0.3, 0.4) is 0 Å². The van der Waals surface area contributed by atoms with Gasteiger partial charge in [0.2, 0.25) is 11.8 Å². The Labute approximate surface area is 417 Å². The molecule has 3 aromatic heterocycles. The van der Waals surface area contributed by atoms with Gasteiger partial charge in [-0.25, -0.2) is 8.78 Å². The lowest BCUT2D eigenvalue weighted by Gasteiger charge is -2.42. The van der Waals surface area contributed by atoms with Crippen molar-refractivity contribution in [2.45, 2.75) is 127 Å². The third kappa shape index (κ3) is 9.11. The predicted octanol–water partition coefficient (Wildman–Crippen LogP) is 8.41. The van der Waals surface area contributed by atoms with Gasteiger partial charge < -0.3 is 35.0 Å². The van der Waals surface area contributed by atoms with Crippen LogP contribution in [0, 0.1) is 23.0 Å². The number of nitrogens with zero attached hydrogens (tertiary/aromatic N) is 8. The van der Waals surface area contributed by atoms with E-state index in [0.29, 0.717) is 104 Å². The van der Waals surface area contributed by atoms with Gasteiger partial charge in [-0.1, -0.05) is 25.1 Å². The molecule has 15 nitrogen and oxygen atoms in total. The van der Waals surface area contributed by atoms with Crippen molar-refractivity contribution in [3.8, 4) is 23.0 Å². The molecule has 0 bridgehead atoms. The lowest BCUT2D eigenvalue weighted by Crippen LogP contribution is -2.47. The van der Waals surface area contributed by atoms with Gasteiger partial charge in [-0.15, -0.1) is 0 Å². The van der Waals surface area contributed by atoms with Crippen molar-refractivity contribution in [1.82, 2.24) is 39.8 Å². The lowest BCUT2D eigenvalue weighted by atomic mass is 9.82. The maximum Gasteiger partial charge on any atom is 0.319 e. The van der Waals surface area contributed by atoms with Crippen LogP contribution in [0.5, 0.6) is 11.8 Å². The van der Waals surface area contributed by atoms with E-state index in [9.17, 15) is 19.8 Å². The molecule has 72 heavy (non-hydrogen) atoms. The highest BCUT2D eigenvalue weighted by Gasteiger charge is 2.37. The maximum atomic E-state index is 17.1. The number of amidine groups is 1. The Bertz CT molecular complexity index is 3100. The molecule has 3 aromatic carbocycles. The Morgan fingerprint density at radius 2 is 1.72 bits per heavy atom. The molecule has 0 spiro atoms. The third-order valence-corrected chi connectivity index (χ3v) is 16.5. The molecule has 5 aliphatic rings. The summed E-state index contributed by atoms with van der Waals surface area (Å²) < 4.78 is 40.7. The Hall–Kier alpha value is -6.33. The van der Waals surface area contributed by atoms with Crippen molar-refractivity contribution in [2.75, 3.05) is 44.2 Å². The molecule has 1 unspecified atom stereocenters. The van der Waals surface area contributed by atoms with E-state index in [0.717, 1.165) is 68.2 Å². The number of aromatic hydroxyl groups is 1. The summed E-state index contributed by atoms with van der Waals surface area (Å²) in [5, 5.41) is 39.5. The number of β-amino-alcohol motifs (C(OH)–C–C–N with tert-alkyl or cyclic N) is 1. The predicted molar refractivity (Wildman–Crippen MR) is 271 cm³/mol. The first kappa shape index (κ1) is 48.0. The number of fused-ring (bicyclic) bond motifs is 3. The number of phenols is 1. The molecule has 4 saturated heterocycles. The number of piperidine rings is 4. The number of halogens is 2. The summed E-state index contributed by atoms with van der Waals surface area (Å²) in [5.41, 5.74) is 2.67. The number of anilines is 1. The first-order chi connectivity index (χ1) is 34.7. The zero-order valence-corrected chi connectivity index (χ0v) is 41.4. The number of carbonyl (C=O) groups excluding carboxylic acids is 2. The Balaban J connectivity index is 0.726. The van der Waals surface area contributed by atoms with Gasteiger partial charge >= 0.3 is 6.01 Å². The Morgan fingerprint density at radius 3 is 2.46 bits per heavy atom. The van der Waals surface area contributed by atoms with Crippen LogP contribution in [0.25, 0.3) is 43.8 Å². The van der Waals surface area contributed by atoms with Gasteiger partial charge in [-0.05, 0) is 136 Å². The molecule has 11 rings (SSSR count). The van der Waals surface area contributed by atoms with E-state index in [1.165, 1.54) is 30.0 Å². The van der Waals surface area contributed by atoms with Crippen LogP contribution < -0.4 is 15.0 Å². The number of hydrogen-bond donors (Lipinski definition) is 4. The maximum absolute atomic E-state index is 17.1. The van der Waals surface area contributed by atoms with Gasteiger partial charge in [0.1, 0.15) is 34.7 Å². The van der Waals surface area contributed by atoms with Crippen LogP contribution in [0.2, 0.25) is 0 Å². The molecule has 5 fully saturated rings. The fourth-order valence-corrected chi connectivity index (χ4v) is 12.6. The van der Waals surface area contributed by atoms with E-state index >= 15 is 8.78 Å². The van der Waals surface area contributed by atoms with Crippen molar-refractivity contribution in [1.29, 1.82) is 5.41 Å². The second-order valence-corrected chi connectivity index (χ2v) is 21.3. The van der Waals surface area contributed by atoms with Crippen molar-refractivity contribution >= 4 is 56.0 Å². The van der Waals surface area contributed by atoms with Gasteiger partial charge in [0.05, 0.1) is 34.0 Å². The largest absolute Gasteiger partial charge is 0.508 e. The van der Waals surface area contributed by atoms with Crippen LogP contribution in [0.1, 0.15) is 120 Å². The van der Waals surface area contributed by atoms with E-state index in [1.807, 2.05) is 28.5 Å². The lowest BCUT2D eigenvalue weighted by molar-refractivity contribution is -0.138. The number of pyridine rings is 1. The summed E-state index contributed by atoms with van der Waals surface area (Å²) in [6.45, 7) is 7.55. The summed E-state index contributed by atoms with van der Waals surface area (Å²) in [5.74, 6) is -0.467. The Kier molecular flexibility index (Phi) is 12.8. The van der Waals surface area contributed by atoms with E-state index in [2.05, 4.69) is 38.4 Å². The second kappa shape index (κ2) is 19.3. The smallest absolute Gasteiger partial charge is 0.319 e. The molecular formula is C55H64F2N10O5. The summed E-state index contributed by atoms with van der Waals surface area (Å²) in [4.78, 5) is 47.3. The topological polar surface area (TPSA) is 186 Å². The number of aliphatic hydroxyl groups is 1. The van der Waals surface area contributed by atoms with Crippen LogP contribution in [0.4, 0.5) is 14.6 Å². The number of ether oxygens (including phenoxy) is 1. The average molecular weight is 983 g/mol. The standard InChI is InChI=1S/C55H64F2N10O5/c1-4-38-43(56)14-9-34-26-36(68)28-41(46(34)38)49-47(57)50-42(29-59-49)51(67-21-5-20-55(2,71)30-67)62-54(61-50)72-37-18-24-66(25-19-37)53(70)32-6-10-35(11-7-32)65-22-16-31(17-23-65)33-8-12-39-44(27-33)64(3)63-48(39)40-13-15-45(58)60-52(40)69/h8-9,12,14,26-29,31-32,35,37,40,68,71H,4-7,10-11,13,15-25,30H2,1-3H3,(H2,58,60,69)/t32?,35?,40?,55-/m1/s1.